The largest absolute Gasteiger partial charge is 0.480 e. The molecule has 0 aliphatic heterocycles. The zero-order valence-corrected chi connectivity index (χ0v) is 11.6. The fraction of sp³-hybridized carbons (Fsp3) is 0.333. The lowest BCUT2D eigenvalue weighted by Gasteiger charge is -2.24. The molecular weight excluding hydrogens is 300 g/mol. The molecular formula is C12H15BrN2O3. The summed E-state index contributed by atoms with van der Waals surface area (Å²) in [6, 6.07) is 5.00. The summed E-state index contributed by atoms with van der Waals surface area (Å²) in [6.07, 6.45) is 0.776. The van der Waals surface area contributed by atoms with Crippen LogP contribution >= 0.6 is 15.9 Å². The van der Waals surface area contributed by atoms with Gasteiger partial charge in [-0.1, -0.05) is 22.9 Å². The van der Waals surface area contributed by atoms with Crippen LogP contribution in [0.5, 0.6) is 0 Å². The second-order valence-electron chi connectivity index (χ2n) is 3.84. The minimum Gasteiger partial charge on any atom is -0.480 e. The SMILES string of the molecule is CCCN(CC(=O)O)c1cc(Br)ccc1C(N)=O. The van der Waals surface area contributed by atoms with Crippen molar-refractivity contribution in [3.8, 4) is 0 Å². The summed E-state index contributed by atoms with van der Waals surface area (Å²) >= 11 is 3.30. The van der Waals surface area contributed by atoms with Crippen molar-refractivity contribution in [1.82, 2.24) is 0 Å². The molecule has 98 valence electrons. The van der Waals surface area contributed by atoms with Crippen molar-refractivity contribution < 1.29 is 14.7 Å². The number of anilines is 1. The zero-order chi connectivity index (χ0) is 13.7. The molecule has 0 saturated carbocycles. The number of hydrogen-bond donors (Lipinski definition) is 2. The maximum Gasteiger partial charge on any atom is 0.323 e. The van der Waals surface area contributed by atoms with E-state index in [0.29, 0.717) is 17.8 Å². The molecule has 18 heavy (non-hydrogen) atoms. The van der Waals surface area contributed by atoms with E-state index in [2.05, 4.69) is 15.9 Å². The lowest BCUT2D eigenvalue weighted by atomic mass is 10.1. The molecule has 1 rings (SSSR count). The lowest BCUT2D eigenvalue weighted by molar-refractivity contribution is -0.135. The number of carboxylic acid groups (broad SMARTS) is 1. The molecule has 0 unspecified atom stereocenters. The molecule has 0 radical (unpaired) electrons. The molecule has 0 atom stereocenters. The summed E-state index contributed by atoms with van der Waals surface area (Å²) in [6.45, 7) is 2.32. The van der Waals surface area contributed by atoms with Gasteiger partial charge in [0.25, 0.3) is 5.91 Å². The summed E-state index contributed by atoms with van der Waals surface area (Å²) in [4.78, 5) is 23.8. The minimum atomic E-state index is -0.946. The van der Waals surface area contributed by atoms with Gasteiger partial charge >= 0.3 is 5.97 Å². The number of halogens is 1. The number of primary amides is 1. The Morgan fingerprint density at radius 2 is 2.11 bits per heavy atom. The van der Waals surface area contributed by atoms with Crippen LogP contribution in [0.15, 0.2) is 22.7 Å². The molecule has 5 nitrogen and oxygen atoms in total. The highest BCUT2D eigenvalue weighted by atomic mass is 79.9. The number of carboxylic acids is 1. The number of aliphatic carboxylic acids is 1. The van der Waals surface area contributed by atoms with Gasteiger partial charge in [0.15, 0.2) is 0 Å². The molecule has 0 aliphatic rings. The second-order valence-corrected chi connectivity index (χ2v) is 4.76. The van der Waals surface area contributed by atoms with E-state index in [-0.39, 0.29) is 6.54 Å². The van der Waals surface area contributed by atoms with Gasteiger partial charge in [-0.2, -0.15) is 0 Å². The molecule has 1 amide bonds. The molecule has 0 bridgehead atoms. The van der Waals surface area contributed by atoms with E-state index < -0.39 is 11.9 Å². The van der Waals surface area contributed by atoms with Gasteiger partial charge in [0, 0.05) is 11.0 Å². The van der Waals surface area contributed by atoms with E-state index in [1.807, 2.05) is 6.92 Å². The first-order chi connectivity index (χ1) is 8.45. The van der Waals surface area contributed by atoms with Crippen molar-refractivity contribution in [2.24, 2.45) is 5.73 Å². The van der Waals surface area contributed by atoms with Crippen LogP contribution in [0.1, 0.15) is 23.7 Å². The Balaban J connectivity index is 3.19. The summed E-state index contributed by atoms with van der Waals surface area (Å²) in [7, 11) is 0. The third-order valence-electron chi connectivity index (χ3n) is 2.39. The maximum atomic E-state index is 11.4. The number of hydrogen-bond acceptors (Lipinski definition) is 3. The summed E-state index contributed by atoms with van der Waals surface area (Å²) in [5, 5.41) is 8.90. The monoisotopic (exact) mass is 314 g/mol. The van der Waals surface area contributed by atoms with Crippen molar-refractivity contribution in [3.63, 3.8) is 0 Å². The van der Waals surface area contributed by atoms with Gasteiger partial charge in [0.2, 0.25) is 0 Å². The van der Waals surface area contributed by atoms with Crippen LogP contribution in [-0.4, -0.2) is 30.1 Å². The topological polar surface area (TPSA) is 83.6 Å². The van der Waals surface area contributed by atoms with Gasteiger partial charge in [-0.15, -0.1) is 0 Å². The zero-order valence-electron chi connectivity index (χ0n) is 10.0. The number of benzene rings is 1. The fourth-order valence-electron chi connectivity index (χ4n) is 1.69. The Labute approximate surface area is 114 Å². The standard InChI is InChI=1S/C12H15BrN2O3/c1-2-5-15(7-11(16)17)10-6-8(13)3-4-9(10)12(14)18/h3-4,6H,2,5,7H2,1H3,(H2,14,18)(H,16,17). The van der Waals surface area contributed by atoms with Crippen LogP contribution in [0.2, 0.25) is 0 Å². The molecule has 6 heteroatoms. The Morgan fingerprint density at radius 3 is 2.61 bits per heavy atom. The smallest absolute Gasteiger partial charge is 0.323 e. The predicted octanol–water partition coefficient (Wildman–Crippen LogP) is 1.85. The number of amides is 1. The van der Waals surface area contributed by atoms with Crippen LogP contribution in [0.3, 0.4) is 0 Å². The van der Waals surface area contributed by atoms with Crippen molar-refractivity contribution in [3.05, 3.63) is 28.2 Å². The van der Waals surface area contributed by atoms with E-state index in [4.69, 9.17) is 10.8 Å². The minimum absolute atomic E-state index is 0.162. The van der Waals surface area contributed by atoms with Crippen molar-refractivity contribution >= 4 is 33.5 Å². The van der Waals surface area contributed by atoms with Gasteiger partial charge in [-0.3, -0.25) is 9.59 Å². The summed E-state index contributed by atoms with van der Waals surface area (Å²) in [5.41, 5.74) is 6.17. The van der Waals surface area contributed by atoms with Gasteiger partial charge in [0.05, 0.1) is 11.3 Å². The summed E-state index contributed by atoms with van der Waals surface area (Å²) < 4.78 is 0.772. The quantitative estimate of drug-likeness (QED) is 0.839. The van der Waals surface area contributed by atoms with Crippen molar-refractivity contribution in [2.75, 3.05) is 18.0 Å². The third-order valence-corrected chi connectivity index (χ3v) is 2.88. The first-order valence-corrected chi connectivity index (χ1v) is 6.31. The number of nitrogens with zero attached hydrogens (tertiary/aromatic N) is 1. The number of rotatable bonds is 6. The van der Waals surface area contributed by atoms with Crippen LogP contribution in [0, 0.1) is 0 Å². The number of carbonyl (C=O) groups is 2. The molecule has 0 heterocycles. The molecule has 0 saturated heterocycles. The predicted molar refractivity (Wildman–Crippen MR) is 72.8 cm³/mol. The van der Waals surface area contributed by atoms with Crippen molar-refractivity contribution in [1.29, 1.82) is 0 Å². The van der Waals surface area contributed by atoms with E-state index >= 15 is 0 Å². The lowest BCUT2D eigenvalue weighted by Crippen LogP contribution is -2.32. The summed E-state index contributed by atoms with van der Waals surface area (Å²) in [5.74, 6) is -1.51. The first-order valence-electron chi connectivity index (χ1n) is 5.51. The molecule has 0 fully saturated rings. The fourth-order valence-corrected chi connectivity index (χ4v) is 2.04. The first kappa shape index (κ1) is 14.5. The Kier molecular flexibility index (Phi) is 5.15. The Morgan fingerprint density at radius 1 is 1.44 bits per heavy atom. The molecule has 0 spiro atoms. The second kappa shape index (κ2) is 6.39. The molecule has 3 N–H and O–H groups in total. The van der Waals surface area contributed by atoms with Crippen LogP contribution < -0.4 is 10.6 Å². The van der Waals surface area contributed by atoms with E-state index in [9.17, 15) is 9.59 Å². The van der Waals surface area contributed by atoms with Crippen LogP contribution in [-0.2, 0) is 4.79 Å². The highest BCUT2D eigenvalue weighted by Gasteiger charge is 2.16. The number of carbonyl (C=O) groups excluding carboxylic acids is 1. The van der Waals surface area contributed by atoms with Gasteiger partial charge < -0.3 is 15.7 Å². The van der Waals surface area contributed by atoms with Crippen LogP contribution in [0.4, 0.5) is 5.69 Å². The average molecular weight is 315 g/mol. The Hall–Kier alpha value is -1.56. The Bertz CT molecular complexity index is 463. The normalized spacial score (nSPS) is 10.1. The van der Waals surface area contributed by atoms with E-state index in [0.717, 1.165) is 10.9 Å². The molecule has 0 aromatic heterocycles. The van der Waals surface area contributed by atoms with Gasteiger partial charge in [0.1, 0.15) is 6.54 Å². The van der Waals surface area contributed by atoms with Crippen molar-refractivity contribution in [2.45, 2.75) is 13.3 Å². The third kappa shape index (κ3) is 3.73. The highest BCUT2D eigenvalue weighted by molar-refractivity contribution is 9.10. The van der Waals surface area contributed by atoms with E-state index in [1.54, 1.807) is 23.1 Å². The number of nitrogens with two attached hydrogens (primary N) is 1. The van der Waals surface area contributed by atoms with Crippen LogP contribution in [0.25, 0.3) is 0 Å². The van der Waals surface area contributed by atoms with Gasteiger partial charge in [-0.05, 0) is 24.6 Å². The highest BCUT2D eigenvalue weighted by Crippen LogP contribution is 2.25. The maximum absolute atomic E-state index is 11.4. The molecule has 1 aromatic carbocycles. The molecule has 0 aliphatic carbocycles. The van der Waals surface area contributed by atoms with Gasteiger partial charge in [-0.25, -0.2) is 0 Å². The molecule has 1 aromatic rings. The van der Waals surface area contributed by atoms with E-state index in [1.165, 1.54) is 0 Å². The average Bonchev–Trinajstić information content (AvgIpc) is 2.27.